The number of carbonyl (C=O) groups is 1. The van der Waals surface area contributed by atoms with Gasteiger partial charge < -0.3 is 10.4 Å². The third kappa shape index (κ3) is 2.46. The lowest BCUT2D eigenvalue weighted by atomic mass is 9.91. The number of rotatable bonds is 3. The van der Waals surface area contributed by atoms with Crippen LogP contribution in [-0.2, 0) is 16.8 Å². The number of carbonyl (C=O) groups excluding carboxylic acids is 1. The van der Waals surface area contributed by atoms with Crippen LogP contribution in [0.3, 0.4) is 0 Å². The summed E-state index contributed by atoms with van der Waals surface area (Å²) in [6.07, 6.45) is 1.20. The van der Waals surface area contributed by atoms with Gasteiger partial charge in [-0.15, -0.1) is 0 Å². The largest absolute Gasteiger partial charge is 0.384 e. The molecule has 5 N–H and O–H groups in total. The Bertz CT molecular complexity index is 443. The van der Waals surface area contributed by atoms with Crippen LogP contribution in [0.5, 0.6) is 0 Å². The molecule has 5 heteroatoms. The van der Waals surface area contributed by atoms with Gasteiger partial charge in [0.15, 0.2) is 0 Å². The van der Waals surface area contributed by atoms with Crippen LogP contribution in [0.4, 0.5) is 5.69 Å². The van der Waals surface area contributed by atoms with Gasteiger partial charge >= 0.3 is 0 Å². The van der Waals surface area contributed by atoms with Gasteiger partial charge in [-0.05, 0) is 30.5 Å². The average Bonchev–Trinajstić information content (AvgIpc) is 2.28. The first-order valence-electron chi connectivity index (χ1n) is 5.62. The Kier molecular flexibility index (Phi) is 3.15. The Labute approximate surface area is 100.0 Å². The van der Waals surface area contributed by atoms with Crippen molar-refractivity contribution >= 4 is 11.6 Å². The maximum absolute atomic E-state index is 11.2. The maximum Gasteiger partial charge on any atom is 0.224 e. The number of aryl methyl sites for hydroxylation is 1. The Balaban J connectivity index is 2.30. The van der Waals surface area contributed by atoms with Crippen molar-refractivity contribution in [2.24, 2.45) is 5.84 Å². The zero-order valence-corrected chi connectivity index (χ0v) is 9.79. The highest BCUT2D eigenvalue weighted by Gasteiger charge is 2.24. The van der Waals surface area contributed by atoms with E-state index in [1.54, 1.807) is 6.92 Å². The van der Waals surface area contributed by atoms with Crippen molar-refractivity contribution in [2.75, 3.05) is 11.9 Å². The number of nitrogens with two attached hydrogens (primary N) is 1. The van der Waals surface area contributed by atoms with E-state index in [1.165, 1.54) is 0 Å². The van der Waals surface area contributed by atoms with Gasteiger partial charge in [0.05, 0.1) is 0 Å². The van der Waals surface area contributed by atoms with Crippen LogP contribution in [0.1, 0.15) is 24.5 Å². The molecule has 1 heterocycles. The minimum absolute atomic E-state index is 0.0423. The third-order valence-electron chi connectivity index (χ3n) is 3.07. The summed E-state index contributed by atoms with van der Waals surface area (Å²) in [7, 11) is 0. The second-order valence-electron chi connectivity index (χ2n) is 4.57. The van der Waals surface area contributed by atoms with Crippen LogP contribution in [0, 0.1) is 0 Å². The molecule has 1 amide bonds. The number of aliphatic hydroxyl groups is 1. The van der Waals surface area contributed by atoms with Crippen molar-refractivity contribution < 1.29 is 9.90 Å². The monoisotopic (exact) mass is 235 g/mol. The molecule has 0 bridgehead atoms. The summed E-state index contributed by atoms with van der Waals surface area (Å²) in [5.74, 6) is 5.28. The minimum atomic E-state index is -1.01. The first-order chi connectivity index (χ1) is 8.03. The van der Waals surface area contributed by atoms with E-state index < -0.39 is 5.60 Å². The second-order valence-corrected chi connectivity index (χ2v) is 4.57. The lowest BCUT2D eigenvalue weighted by Crippen LogP contribution is -2.39. The number of amides is 1. The highest BCUT2D eigenvalue weighted by atomic mass is 16.3. The fraction of sp³-hybridized carbons (Fsp3) is 0.417. The number of fused-ring (bicyclic) bond motifs is 1. The molecule has 92 valence electrons. The van der Waals surface area contributed by atoms with E-state index in [9.17, 15) is 9.90 Å². The molecule has 2 rings (SSSR count). The van der Waals surface area contributed by atoms with Gasteiger partial charge in [-0.3, -0.25) is 16.1 Å². The summed E-state index contributed by atoms with van der Waals surface area (Å²) < 4.78 is 0. The van der Waals surface area contributed by atoms with Crippen molar-refractivity contribution in [3.05, 3.63) is 29.3 Å². The fourth-order valence-electron chi connectivity index (χ4n) is 2.02. The maximum atomic E-state index is 11.2. The quantitative estimate of drug-likeness (QED) is 0.446. The van der Waals surface area contributed by atoms with E-state index in [2.05, 4.69) is 10.7 Å². The molecule has 1 aliphatic heterocycles. The number of nitrogens with one attached hydrogen (secondary N) is 2. The summed E-state index contributed by atoms with van der Waals surface area (Å²) in [5, 5.41) is 13.0. The topological polar surface area (TPSA) is 87.4 Å². The van der Waals surface area contributed by atoms with E-state index in [4.69, 9.17) is 5.84 Å². The van der Waals surface area contributed by atoms with Crippen LogP contribution in [0.2, 0.25) is 0 Å². The van der Waals surface area contributed by atoms with Crippen molar-refractivity contribution in [3.8, 4) is 0 Å². The van der Waals surface area contributed by atoms with Gasteiger partial charge in [0, 0.05) is 18.7 Å². The van der Waals surface area contributed by atoms with Crippen LogP contribution >= 0.6 is 0 Å². The summed E-state index contributed by atoms with van der Waals surface area (Å²) in [4.78, 5) is 11.2. The molecule has 17 heavy (non-hydrogen) atoms. The molecule has 0 aromatic heterocycles. The molecule has 0 spiro atoms. The molecule has 0 saturated carbocycles. The van der Waals surface area contributed by atoms with Gasteiger partial charge in [0.1, 0.15) is 5.60 Å². The average molecular weight is 235 g/mol. The van der Waals surface area contributed by atoms with Crippen LogP contribution < -0.4 is 16.6 Å². The van der Waals surface area contributed by atoms with E-state index >= 15 is 0 Å². The fourth-order valence-corrected chi connectivity index (χ4v) is 2.02. The highest BCUT2D eigenvalue weighted by molar-refractivity contribution is 5.93. The van der Waals surface area contributed by atoms with Crippen molar-refractivity contribution in [2.45, 2.75) is 25.4 Å². The Morgan fingerprint density at radius 2 is 2.29 bits per heavy atom. The Morgan fingerprint density at radius 1 is 1.53 bits per heavy atom. The molecular formula is C12H17N3O2. The van der Waals surface area contributed by atoms with Gasteiger partial charge in [-0.25, -0.2) is 0 Å². The minimum Gasteiger partial charge on any atom is -0.384 e. The first-order valence-corrected chi connectivity index (χ1v) is 5.62. The predicted molar refractivity (Wildman–Crippen MR) is 65.2 cm³/mol. The molecular weight excluding hydrogens is 218 g/mol. The SMILES string of the molecule is CC(O)(CNN)c1ccc2c(c1)CCC(=O)N2. The molecule has 0 fully saturated rings. The smallest absolute Gasteiger partial charge is 0.224 e. The van der Waals surface area contributed by atoms with E-state index in [-0.39, 0.29) is 12.5 Å². The zero-order chi connectivity index (χ0) is 12.5. The van der Waals surface area contributed by atoms with Gasteiger partial charge in [-0.1, -0.05) is 12.1 Å². The van der Waals surface area contributed by atoms with E-state index in [0.717, 1.165) is 16.8 Å². The number of benzene rings is 1. The number of anilines is 1. The first kappa shape index (κ1) is 12.0. The molecule has 1 unspecified atom stereocenters. The molecule has 0 aliphatic carbocycles. The summed E-state index contributed by atoms with van der Waals surface area (Å²) in [6.45, 7) is 1.98. The Morgan fingerprint density at radius 3 is 3.00 bits per heavy atom. The molecule has 5 nitrogen and oxygen atoms in total. The molecule has 1 aromatic carbocycles. The van der Waals surface area contributed by atoms with Crippen LogP contribution in [-0.4, -0.2) is 17.6 Å². The molecule has 0 radical (unpaired) electrons. The third-order valence-corrected chi connectivity index (χ3v) is 3.07. The highest BCUT2D eigenvalue weighted by Crippen LogP contribution is 2.28. The molecule has 0 saturated heterocycles. The predicted octanol–water partition coefficient (Wildman–Crippen LogP) is 0.242. The molecule has 1 aliphatic rings. The second kappa shape index (κ2) is 4.44. The standard InChI is InChI=1S/C12H17N3O2/c1-12(17,7-14-13)9-3-4-10-8(6-9)2-5-11(16)15-10/h3-4,6,14,17H,2,5,7,13H2,1H3,(H,15,16). The number of hydrazine groups is 1. The lowest BCUT2D eigenvalue weighted by Gasteiger charge is -2.26. The number of hydrogen-bond acceptors (Lipinski definition) is 4. The van der Waals surface area contributed by atoms with Gasteiger partial charge in [0.2, 0.25) is 5.91 Å². The van der Waals surface area contributed by atoms with Gasteiger partial charge in [0.25, 0.3) is 0 Å². The summed E-state index contributed by atoms with van der Waals surface area (Å²) in [5.41, 5.74) is 4.15. The molecule has 1 atom stereocenters. The zero-order valence-electron chi connectivity index (χ0n) is 9.79. The van der Waals surface area contributed by atoms with E-state index in [0.29, 0.717) is 12.8 Å². The molecule has 1 aromatic rings. The van der Waals surface area contributed by atoms with Gasteiger partial charge in [-0.2, -0.15) is 0 Å². The van der Waals surface area contributed by atoms with Crippen molar-refractivity contribution in [3.63, 3.8) is 0 Å². The van der Waals surface area contributed by atoms with Crippen molar-refractivity contribution in [1.29, 1.82) is 0 Å². The normalized spacial score (nSPS) is 18.2. The van der Waals surface area contributed by atoms with E-state index in [1.807, 2.05) is 18.2 Å². The summed E-state index contributed by atoms with van der Waals surface area (Å²) in [6, 6.07) is 5.56. The summed E-state index contributed by atoms with van der Waals surface area (Å²) >= 11 is 0. The lowest BCUT2D eigenvalue weighted by molar-refractivity contribution is -0.116. The van der Waals surface area contributed by atoms with Crippen molar-refractivity contribution in [1.82, 2.24) is 5.43 Å². The van der Waals surface area contributed by atoms with Crippen LogP contribution in [0.25, 0.3) is 0 Å². The number of hydrogen-bond donors (Lipinski definition) is 4. The Hall–Kier alpha value is -1.43. The van der Waals surface area contributed by atoms with Crippen LogP contribution in [0.15, 0.2) is 18.2 Å².